The van der Waals surface area contributed by atoms with E-state index in [1.54, 1.807) is 12.1 Å². The molecule has 0 amide bonds. The number of benzene rings is 2. The van der Waals surface area contributed by atoms with Gasteiger partial charge in [0.2, 0.25) is 10.0 Å². The Morgan fingerprint density at radius 1 is 1.14 bits per heavy atom. The van der Waals surface area contributed by atoms with Crippen molar-refractivity contribution in [1.82, 2.24) is 4.72 Å². The van der Waals surface area contributed by atoms with Crippen LogP contribution in [0.1, 0.15) is 11.1 Å². The third-order valence-corrected chi connectivity index (χ3v) is 5.56. The molecule has 0 aliphatic heterocycles. The van der Waals surface area contributed by atoms with E-state index in [-0.39, 0.29) is 16.7 Å². The number of hydrogen-bond acceptors (Lipinski definition) is 3. The number of ether oxygens (including phenoxy) is 1. The number of methoxy groups -OCH3 is 1. The topological polar surface area (TPSA) is 55.4 Å². The number of sulfonamides is 1. The van der Waals surface area contributed by atoms with Crippen LogP contribution in [0.2, 0.25) is 5.02 Å². The Hall–Kier alpha value is -1.56. The number of nitrogens with one attached hydrogen (secondary N) is 1. The second-order valence-electron chi connectivity index (χ2n) is 5.29. The van der Waals surface area contributed by atoms with Gasteiger partial charge in [-0.3, -0.25) is 0 Å². The maximum atomic E-state index is 12.6. The van der Waals surface area contributed by atoms with E-state index < -0.39 is 10.0 Å². The summed E-state index contributed by atoms with van der Waals surface area (Å²) in [5.41, 5.74) is 2.38. The van der Waals surface area contributed by atoms with Crippen molar-refractivity contribution in [1.29, 1.82) is 0 Å². The molecule has 4 nitrogen and oxygen atoms in total. The average molecular weight is 338 g/mol. The molecule has 1 aliphatic carbocycles. The Morgan fingerprint density at radius 2 is 1.77 bits per heavy atom. The molecule has 0 unspecified atom stereocenters. The van der Waals surface area contributed by atoms with Gasteiger partial charge in [0, 0.05) is 11.1 Å². The molecule has 0 bridgehead atoms. The maximum absolute atomic E-state index is 12.6. The minimum atomic E-state index is -3.69. The summed E-state index contributed by atoms with van der Waals surface area (Å²) >= 11 is 5.92. The molecule has 2 aromatic carbocycles. The zero-order chi connectivity index (χ0) is 15.7. The number of fused-ring (bicyclic) bond motifs is 1. The lowest BCUT2D eigenvalue weighted by Crippen LogP contribution is -2.35. The first kappa shape index (κ1) is 15.3. The van der Waals surface area contributed by atoms with Gasteiger partial charge < -0.3 is 4.74 Å². The Bertz CT molecular complexity index is 780. The molecule has 1 N–H and O–H groups in total. The zero-order valence-corrected chi connectivity index (χ0v) is 13.6. The highest BCUT2D eigenvalue weighted by atomic mass is 35.5. The summed E-state index contributed by atoms with van der Waals surface area (Å²) in [7, 11) is -2.25. The van der Waals surface area contributed by atoms with Crippen LogP contribution < -0.4 is 9.46 Å². The Kier molecular flexibility index (Phi) is 4.12. The highest BCUT2D eigenvalue weighted by Gasteiger charge is 2.28. The second kappa shape index (κ2) is 5.91. The Morgan fingerprint density at radius 3 is 2.36 bits per heavy atom. The van der Waals surface area contributed by atoms with Crippen molar-refractivity contribution in [2.75, 3.05) is 7.11 Å². The van der Waals surface area contributed by atoms with E-state index in [0.29, 0.717) is 17.9 Å². The summed E-state index contributed by atoms with van der Waals surface area (Å²) in [6.07, 6.45) is 1.39. The summed E-state index contributed by atoms with van der Waals surface area (Å²) in [5.74, 6) is 0.285. The normalized spacial score (nSPS) is 14.8. The SMILES string of the molecule is COc1ccc(Cl)cc1S(=O)(=O)NC1Cc2ccccc2C1. The highest BCUT2D eigenvalue weighted by Crippen LogP contribution is 2.29. The predicted octanol–water partition coefficient (Wildman–Crippen LogP) is 2.79. The number of rotatable bonds is 4. The summed E-state index contributed by atoms with van der Waals surface area (Å²) in [4.78, 5) is 0.0680. The van der Waals surface area contributed by atoms with Crippen molar-refractivity contribution in [3.8, 4) is 5.75 Å². The van der Waals surface area contributed by atoms with Crippen molar-refractivity contribution in [3.63, 3.8) is 0 Å². The molecular weight excluding hydrogens is 322 g/mol. The molecule has 2 aromatic rings. The molecule has 0 saturated carbocycles. The van der Waals surface area contributed by atoms with Crippen LogP contribution in [0.3, 0.4) is 0 Å². The molecule has 0 aromatic heterocycles. The molecule has 6 heteroatoms. The van der Waals surface area contributed by atoms with Gasteiger partial charge in [0.1, 0.15) is 10.6 Å². The average Bonchev–Trinajstić information content (AvgIpc) is 2.88. The quantitative estimate of drug-likeness (QED) is 0.933. The van der Waals surface area contributed by atoms with Gasteiger partial charge in [-0.15, -0.1) is 0 Å². The first-order valence-corrected chi connectivity index (χ1v) is 8.78. The van der Waals surface area contributed by atoms with Crippen LogP contribution in [-0.2, 0) is 22.9 Å². The minimum absolute atomic E-state index is 0.0680. The zero-order valence-electron chi connectivity index (χ0n) is 12.0. The summed E-state index contributed by atoms with van der Waals surface area (Å²) in [6, 6.07) is 12.4. The van der Waals surface area contributed by atoms with Gasteiger partial charge in [-0.05, 0) is 42.2 Å². The first-order valence-electron chi connectivity index (χ1n) is 6.92. The van der Waals surface area contributed by atoms with E-state index in [1.165, 1.54) is 24.3 Å². The third kappa shape index (κ3) is 2.97. The number of halogens is 1. The van der Waals surface area contributed by atoms with Crippen molar-refractivity contribution in [2.24, 2.45) is 0 Å². The summed E-state index contributed by atoms with van der Waals surface area (Å²) in [5, 5.41) is 0.357. The van der Waals surface area contributed by atoms with Crippen LogP contribution in [0.4, 0.5) is 0 Å². The van der Waals surface area contributed by atoms with E-state index >= 15 is 0 Å². The molecule has 3 rings (SSSR count). The maximum Gasteiger partial charge on any atom is 0.244 e. The fourth-order valence-corrected chi connectivity index (χ4v) is 4.45. The van der Waals surface area contributed by atoms with Gasteiger partial charge in [-0.1, -0.05) is 35.9 Å². The summed E-state index contributed by atoms with van der Waals surface area (Å²) in [6.45, 7) is 0. The van der Waals surface area contributed by atoms with Gasteiger partial charge in [0.15, 0.2) is 0 Å². The van der Waals surface area contributed by atoms with Gasteiger partial charge in [0.25, 0.3) is 0 Å². The van der Waals surface area contributed by atoms with E-state index in [2.05, 4.69) is 4.72 Å². The van der Waals surface area contributed by atoms with Crippen LogP contribution in [0, 0.1) is 0 Å². The molecule has 116 valence electrons. The lowest BCUT2D eigenvalue weighted by molar-refractivity contribution is 0.402. The van der Waals surface area contributed by atoms with Gasteiger partial charge in [-0.25, -0.2) is 13.1 Å². The van der Waals surface area contributed by atoms with Crippen LogP contribution >= 0.6 is 11.6 Å². The molecule has 0 radical (unpaired) electrons. The van der Waals surface area contributed by atoms with Crippen molar-refractivity contribution in [3.05, 3.63) is 58.6 Å². The molecule has 0 spiro atoms. The molecule has 22 heavy (non-hydrogen) atoms. The minimum Gasteiger partial charge on any atom is -0.495 e. The van der Waals surface area contributed by atoms with E-state index in [1.807, 2.05) is 24.3 Å². The molecule has 0 saturated heterocycles. The van der Waals surface area contributed by atoms with Gasteiger partial charge in [-0.2, -0.15) is 0 Å². The predicted molar refractivity (Wildman–Crippen MR) is 86.0 cm³/mol. The third-order valence-electron chi connectivity index (χ3n) is 3.79. The molecule has 0 fully saturated rings. The van der Waals surface area contributed by atoms with Crippen LogP contribution in [0.15, 0.2) is 47.4 Å². The fourth-order valence-electron chi connectivity index (χ4n) is 2.79. The van der Waals surface area contributed by atoms with Crippen molar-refractivity contribution in [2.45, 2.75) is 23.8 Å². The molecule has 0 heterocycles. The number of hydrogen-bond donors (Lipinski definition) is 1. The van der Waals surface area contributed by atoms with Crippen LogP contribution in [0.5, 0.6) is 5.75 Å². The first-order chi connectivity index (χ1) is 10.5. The lowest BCUT2D eigenvalue weighted by Gasteiger charge is -2.15. The largest absolute Gasteiger partial charge is 0.495 e. The monoisotopic (exact) mass is 337 g/mol. The van der Waals surface area contributed by atoms with Gasteiger partial charge >= 0.3 is 0 Å². The van der Waals surface area contributed by atoms with E-state index in [4.69, 9.17) is 16.3 Å². The standard InChI is InChI=1S/C16H16ClNO3S/c1-21-15-7-6-13(17)10-16(15)22(19,20)18-14-8-11-4-2-3-5-12(11)9-14/h2-7,10,14,18H,8-9H2,1H3. The smallest absolute Gasteiger partial charge is 0.244 e. The second-order valence-corrected chi connectivity index (χ2v) is 7.41. The molecular formula is C16H16ClNO3S. The van der Waals surface area contributed by atoms with E-state index in [9.17, 15) is 8.42 Å². The van der Waals surface area contributed by atoms with Crippen LogP contribution in [0.25, 0.3) is 0 Å². The van der Waals surface area contributed by atoms with Gasteiger partial charge in [0.05, 0.1) is 7.11 Å². The lowest BCUT2D eigenvalue weighted by atomic mass is 10.1. The molecule has 0 atom stereocenters. The van der Waals surface area contributed by atoms with E-state index in [0.717, 1.165) is 0 Å². The Labute approximate surface area is 135 Å². The highest BCUT2D eigenvalue weighted by molar-refractivity contribution is 7.89. The summed E-state index contributed by atoms with van der Waals surface area (Å²) < 4.78 is 33.1. The fraction of sp³-hybridized carbons (Fsp3) is 0.250. The Balaban J connectivity index is 1.85. The van der Waals surface area contributed by atoms with Crippen LogP contribution in [-0.4, -0.2) is 21.6 Å². The van der Waals surface area contributed by atoms with Crippen molar-refractivity contribution >= 4 is 21.6 Å². The van der Waals surface area contributed by atoms with Crippen molar-refractivity contribution < 1.29 is 13.2 Å². The molecule has 1 aliphatic rings.